The van der Waals surface area contributed by atoms with Crippen LogP contribution in [0.1, 0.15) is 42.5 Å². The van der Waals surface area contributed by atoms with E-state index in [0.717, 1.165) is 37.8 Å². The predicted molar refractivity (Wildman–Crippen MR) is 69.5 cm³/mol. The third-order valence-corrected chi connectivity index (χ3v) is 3.49. The van der Waals surface area contributed by atoms with Gasteiger partial charge >= 0.3 is 6.98 Å². The molecule has 1 aromatic carbocycles. The summed E-state index contributed by atoms with van der Waals surface area (Å²) in [6, 6.07) is 4.57. The number of halogens is 3. The standard InChI is InChI=1S/C13H16BF3NO/c15-14(16,17)11-8-6-10(7-9-11)13(19)18-12-4-2-1-3-5-12/h6-9,12H,1-5H2,(H,18,19)/q-1. The van der Waals surface area contributed by atoms with Gasteiger partial charge in [-0.25, -0.2) is 0 Å². The highest BCUT2D eigenvalue weighted by molar-refractivity contribution is 6.73. The van der Waals surface area contributed by atoms with Crippen molar-refractivity contribution in [2.45, 2.75) is 38.1 Å². The fourth-order valence-electron chi connectivity index (χ4n) is 2.37. The molecule has 1 saturated carbocycles. The molecule has 0 atom stereocenters. The van der Waals surface area contributed by atoms with Gasteiger partial charge in [-0.3, -0.25) is 4.79 Å². The second-order valence-corrected chi connectivity index (χ2v) is 5.01. The molecule has 1 aromatic rings. The van der Waals surface area contributed by atoms with E-state index in [1.807, 2.05) is 0 Å². The molecule has 0 aliphatic heterocycles. The highest BCUT2D eigenvalue weighted by Gasteiger charge is 2.25. The molecule has 6 heteroatoms. The molecule has 2 rings (SSSR count). The predicted octanol–water partition coefficient (Wildman–Crippen LogP) is 2.80. The zero-order valence-electron chi connectivity index (χ0n) is 10.5. The first-order valence-electron chi connectivity index (χ1n) is 6.57. The monoisotopic (exact) mass is 270 g/mol. The van der Waals surface area contributed by atoms with Crippen LogP contribution in [0.15, 0.2) is 24.3 Å². The molecule has 19 heavy (non-hydrogen) atoms. The minimum Gasteiger partial charge on any atom is -0.445 e. The minimum atomic E-state index is -4.99. The average molecular weight is 270 g/mol. The van der Waals surface area contributed by atoms with Gasteiger partial charge in [0.25, 0.3) is 5.91 Å². The van der Waals surface area contributed by atoms with Gasteiger partial charge in [-0.15, -0.1) is 5.46 Å². The number of amides is 1. The van der Waals surface area contributed by atoms with Gasteiger partial charge in [-0.05, 0) is 12.8 Å². The Balaban J connectivity index is 1.99. The van der Waals surface area contributed by atoms with Crippen molar-refractivity contribution in [1.29, 1.82) is 0 Å². The molecule has 0 heterocycles. The Kier molecular flexibility index (Phi) is 4.17. The molecule has 1 aliphatic rings. The van der Waals surface area contributed by atoms with Crippen LogP contribution in [0.25, 0.3) is 0 Å². The molecule has 1 N–H and O–H groups in total. The lowest BCUT2D eigenvalue weighted by atomic mass is 9.80. The van der Waals surface area contributed by atoms with Gasteiger partial charge in [-0.2, -0.15) is 0 Å². The van der Waals surface area contributed by atoms with Crippen molar-refractivity contribution in [2.75, 3.05) is 0 Å². The van der Waals surface area contributed by atoms with Crippen LogP contribution in [0.5, 0.6) is 0 Å². The molecule has 0 saturated heterocycles. The van der Waals surface area contributed by atoms with E-state index in [0.29, 0.717) is 0 Å². The van der Waals surface area contributed by atoms with Crippen LogP contribution < -0.4 is 10.8 Å². The van der Waals surface area contributed by atoms with Crippen molar-refractivity contribution < 1.29 is 17.7 Å². The van der Waals surface area contributed by atoms with Gasteiger partial charge in [0.2, 0.25) is 0 Å². The molecule has 0 aromatic heterocycles. The number of benzene rings is 1. The third-order valence-electron chi connectivity index (χ3n) is 3.49. The highest BCUT2D eigenvalue weighted by atomic mass is 19.4. The lowest BCUT2D eigenvalue weighted by Gasteiger charge is -2.23. The van der Waals surface area contributed by atoms with Crippen molar-refractivity contribution in [3.05, 3.63) is 29.8 Å². The molecule has 104 valence electrons. The summed E-state index contributed by atoms with van der Waals surface area (Å²) >= 11 is 0. The number of nitrogens with one attached hydrogen (secondary N) is 1. The molecular formula is C13H16BF3NO-. The van der Waals surface area contributed by atoms with E-state index < -0.39 is 12.4 Å². The van der Waals surface area contributed by atoms with Crippen molar-refractivity contribution >= 4 is 18.3 Å². The maximum atomic E-state index is 12.5. The van der Waals surface area contributed by atoms with Crippen molar-refractivity contribution in [1.82, 2.24) is 5.32 Å². The molecule has 1 aliphatic carbocycles. The summed E-state index contributed by atoms with van der Waals surface area (Å²) in [4.78, 5) is 11.9. The van der Waals surface area contributed by atoms with Crippen molar-refractivity contribution in [3.63, 3.8) is 0 Å². The van der Waals surface area contributed by atoms with E-state index in [9.17, 15) is 17.7 Å². The summed E-state index contributed by atoms with van der Waals surface area (Å²) in [6.45, 7) is -4.99. The molecule has 1 fully saturated rings. The fourth-order valence-corrected chi connectivity index (χ4v) is 2.37. The Hall–Kier alpha value is -1.46. The molecule has 2 nitrogen and oxygen atoms in total. The Morgan fingerprint density at radius 2 is 1.63 bits per heavy atom. The van der Waals surface area contributed by atoms with E-state index in [1.165, 1.54) is 18.6 Å². The SMILES string of the molecule is O=C(NC1CCCCC1)c1ccc([B-](F)(F)F)cc1. The number of hydrogen-bond donors (Lipinski definition) is 1. The first-order valence-corrected chi connectivity index (χ1v) is 6.57. The molecule has 0 spiro atoms. The normalized spacial score (nSPS) is 17.2. The summed E-state index contributed by atoms with van der Waals surface area (Å²) < 4.78 is 37.4. The van der Waals surface area contributed by atoms with Crippen molar-refractivity contribution in [3.8, 4) is 0 Å². The van der Waals surface area contributed by atoms with Crippen LogP contribution in [-0.4, -0.2) is 18.9 Å². The van der Waals surface area contributed by atoms with E-state index in [1.54, 1.807) is 0 Å². The molecule has 1 amide bonds. The maximum Gasteiger partial charge on any atom is 0.509 e. The number of rotatable bonds is 3. The average Bonchev–Trinajstić information content (AvgIpc) is 2.39. The van der Waals surface area contributed by atoms with E-state index in [4.69, 9.17) is 0 Å². The molecule has 0 bridgehead atoms. The Labute approximate surface area is 110 Å². The summed E-state index contributed by atoms with van der Waals surface area (Å²) in [5.41, 5.74) is -0.386. The summed E-state index contributed by atoms with van der Waals surface area (Å²) in [5.74, 6) is -0.284. The Bertz CT molecular complexity index is 438. The first-order chi connectivity index (χ1) is 8.97. The summed E-state index contributed by atoms with van der Waals surface area (Å²) in [7, 11) is 0. The van der Waals surface area contributed by atoms with Gasteiger partial charge in [0, 0.05) is 11.6 Å². The molecule has 0 radical (unpaired) electrons. The number of carbonyl (C=O) groups is 1. The van der Waals surface area contributed by atoms with Crippen molar-refractivity contribution in [2.24, 2.45) is 0 Å². The molecular weight excluding hydrogens is 254 g/mol. The van der Waals surface area contributed by atoms with Gasteiger partial charge < -0.3 is 18.3 Å². The van der Waals surface area contributed by atoms with Crippen LogP contribution in [0.2, 0.25) is 0 Å². The highest BCUT2D eigenvalue weighted by Crippen LogP contribution is 2.18. The van der Waals surface area contributed by atoms with Gasteiger partial charge in [-0.1, -0.05) is 43.5 Å². The number of hydrogen-bond acceptors (Lipinski definition) is 1. The van der Waals surface area contributed by atoms with Crippen LogP contribution in [0.3, 0.4) is 0 Å². The summed E-state index contributed by atoms with van der Waals surface area (Å²) in [6.07, 6.45) is 5.29. The smallest absolute Gasteiger partial charge is 0.445 e. The van der Waals surface area contributed by atoms with Gasteiger partial charge in [0.05, 0.1) is 0 Å². The Morgan fingerprint density at radius 3 is 2.16 bits per heavy atom. The Morgan fingerprint density at radius 1 is 1.05 bits per heavy atom. The van der Waals surface area contributed by atoms with E-state index in [2.05, 4.69) is 5.32 Å². The zero-order chi connectivity index (χ0) is 13.9. The van der Waals surface area contributed by atoms with Crippen LogP contribution in [0.4, 0.5) is 12.9 Å². The summed E-state index contributed by atoms with van der Waals surface area (Å²) in [5, 5.41) is 2.88. The first kappa shape index (κ1) is 14.0. The van der Waals surface area contributed by atoms with Crippen LogP contribution in [-0.2, 0) is 0 Å². The second-order valence-electron chi connectivity index (χ2n) is 5.01. The largest absolute Gasteiger partial charge is 0.509 e. The van der Waals surface area contributed by atoms with Crippen LogP contribution >= 0.6 is 0 Å². The van der Waals surface area contributed by atoms with E-state index in [-0.39, 0.29) is 17.5 Å². The topological polar surface area (TPSA) is 29.1 Å². The van der Waals surface area contributed by atoms with Gasteiger partial charge in [0.1, 0.15) is 0 Å². The zero-order valence-corrected chi connectivity index (χ0v) is 10.5. The van der Waals surface area contributed by atoms with Crippen LogP contribution in [0, 0.1) is 0 Å². The second kappa shape index (κ2) is 5.67. The third kappa shape index (κ3) is 3.75. The quantitative estimate of drug-likeness (QED) is 0.841. The lowest BCUT2D eigenvalue weighted by Crippen LogP contribution is -2.37. The lowest BCUT2D eigenvalue weighted by molar-refractivity contribution is 0.0927. The fraction of sp³-hybridized carbons (Fsp3) is 0.462. The maximum absolute atomic E-state index is 12.5. The minimum absolute atomic E-state index is 0.160. The van der Waals surface area contributed by atoms with Gasteiger partial charge in [0.15, 0.2) is 0 Å². The van der Waals surface area contributed by atoms with E-state index >= 15 is 0 Å². The number of carbonyl (C=O) groups excluding carboxylic acids is 1. The molecule has 0 unspecified atom stereocenters.